The van der Waals surface area contributed by atoms with Gasteiger partial charge in [-0.3, -0.25) is 15.1 Å². The Bertz CT molecular complexity index is 1670. The number of benzene rings is 2. The molecule has 166 valence electrons. The number of phenolic OH excluding ortho intramolecular Hbond substituents is 1. The van der Waals surface area contributed by atoms with Crippen molar-refractivity contribution < 1.29 is 14.2 Å². The lowest BCUT2D eigenvalue weighted by Gasteiger charge is -2.04. The van der Waals surface area contributed by atoms with Crippen LogP contribution in [0.5, 0.6) is 11.5 Å². The fourth-order valence-corrected chi connectivity index (χ4v) is 4.03. The van der Waals surface area contributed by atoms with Gasteiger partial charge in [-0.2, -0.15) is 5.10 Å². The number of pyridine rings is 2. The molecule has 9 heteroatoms. The molecule has 0 aliphatic heterocycles. The van der Waals surface area contributed by atoms with Gasteiger partial charge in [0.2, 0.25) is 0 Å². The summed E-state index contributed by atoms with van der Waals surface area (Å²) >= 11 is 0. The number of ether oxygens (including phenoxy) is 1. The minimum Gasteiger partial charge on any atom is -0.508 e. The normalized spacial score (nSPS) is 11.4. The highest BCUT2D eigenvalue weighted by Gasteiger charge is 2.17. The van der Waals surface area contributed by atoms with E-state index in [1.807, 2.05) is 24.3 Å². The summed E-state index contributed by atoms with van der Waals surface area (Å²) in [4.78, 5) is 16.6. The molecule has 0 spiro atoms. The third-order valence-electron chi connectivity index (χ3n) is 5.63. The third kappa shape index (κ3) is 3.30. The molecule has 0 bridgehead atoms. The third-order valence-corrected chi connectivity index (χ3v) is 5.63. The number of nitrogens with one attached hydrogen (secondary N) is 2. The number of fused-ring (bicyclic) bond motifs is 2. The van der Waals surface area contributed by atoms with Crippen LogP contribution in [0.4, 0.5) is 4.39 Å². The Morgan fingerprint density at radius 2 is 1.82 bits per heavy atom. The number of aromatic hydroxyl groups is 1. The van der Waals surface area contributed by atoms with E-state index in [0.717, 1.165) is 28.1 Å². The quantitative estimate of drug-likeness (QED) is 0.344. The number of rotatable bonds is 4. The van der Waals surface area contributed by atoms with Gasteiger partial charge >= 0.3 is 0 Å². The zero-order valence-corrected chi connectivity index (χ0v) is 17.9. The highest BCUT2D eigenvalue weighted by atomic mass is 19.1. The molecule has 2 aromatic carbocycles. The van der Waals surface area contributed by atoms with E-state index in [1.54, 1.807) is 31.8 Å². The lowest BCUT2D eigenvalue weighted by atomic mass is 10.0. The van der Waals surface area contributed by atoms with Crippen LogP contribution in [0.15, 0.2) is 67.1 Å². The molecule has 34 heavy (non-hydrogen) atoms. The number of methoxy groups -OCH3 is 1. The number of aromatic amines is 2. The number of imidazole rings is 1. The standard InChI is InChI=1S/C25H17FN6O2/c1-34-18-8-15(11-27-12-18)13-2-3-20-19(9-13)23(32-31-20)25-29-21-4-5-28-22(24(21)30-25)14-6-16(26)10-17(33)7-14/h2-12,33H,1H3,(H,29,30)(H,31,32). The Labute approximate surface area is 192 Å². The Balaban J connectivity index is 1.49. The molecule has 0 amide bonds. The van der Waals surface area contributed by atoms with Crippen molar-refractivity contribution >= 4 is 21.9 Å². The average Bonchev–Trinajstić information content (AvgIpc) is 3.46. The molecule has 0 saturated heterocycles. The van der Waals surface area contributed by atoms with E-state index in [4.69, 9.17) is 9.72 Å². The van der Waals surface area contributed by atoms with E-state index in [1.165, 1.54) is 12.1 Å². The predicted molar refractivity (Wildman–Crippen MR) is 126 cm³/mol. The maximum Gasteiger partial charge on any atom is 0.159 e. The number of hydrogen-bond acceptors (Lipinski definition) is 6. The zero-order chi connectivity index (χ0) is 23.2. The second-order valence-electron chi connectivity index (χ2n) is 7.79. The molecule has 0 unspecified atom stereocenters. The Kier molecular flexibility index (Phi) is 4.48. The van der Waals surface area contributed by atoms with Crippen LogP contribution in [0.25, 0.3) is 55.8 Å². The summed E-state index contributed by atoms with van der Waals surface area (Å²) in [5, 5.41) is 18.2. The summed E-state index contributed by atoms with van der Waals surface area (Å²) < 4.78 is 19.2. The maximum atomic E-state index is 13.9. The summed E-state index contributed by atoms with van der Waals surface area (Å²) in [5.41, 5.74) is 5.50. The monoisotopic (exact) mass is 452 g/mol. The van der Waals surface area contributed by atoms with Gasteiger partial charge in [-0.05, 0) is 42.0 Å². The zero-order valence-electron chi connectivity index (χ0n) is 17.9. The Hall–Kier alpha value is -4.79. The molecule has 4 heterocycles. The molecule has 4 aromatic heterocycles. The van der Waals surface area contributed by atoms with Gasteiger partial charge in [0.05, 0.1) is 30.0 Å². The number of hydrogen-bond donors (Lipinski definition) is 3. The second-order valence-corrected chi connectivity index (χ2v) is 7.79. The minimum absolute atomic E-state index is 0.178. The van der Waals surface area contributed by atoms with E-state index in [-0.39, 0.29) is 5.75 Å². The second kappa shape index (κ2) is 7.66. The molecule has 0 aliphatic carbocycles. The van der Waals surface area contributed by atoms with E-state index in [0.29, 0.717) is 39.6 Å². The Morgan fingerprint density at radius 1 is 0.912 bits per heavy atom. The molecule has 0 radical (unpaired) electrons. The summed E-state index contributed by atoms with van der Waals surface area (Å²) in [6, 6.07) is 13.5. The van der Waals surface area contributed by atoms with Gasteiger partial charge in [0.15, 0.2) is 5.82 Å². The van der Waals surface area contributed by atoms with Gasteiger partial charge in [0.25, 0.3) is 0 Å². The predicted octanol–water partition coefficient (Wildman–Crippen LogP) is 5.08. The van der Waals surface area contributed by atoms with Crippen molar-refractivity contribution in [3.8, 4) is 45.4 Å². The number of phenols is 1. The molecule has 0 fully saturated rings. The molecule has 0 aliphatic rings. The van der Waals surface area contributed by atoms with Crippen LogP contribution in [0.2, 0.25) is 0 Å². The van der Waals surface area contributed by atoms with Crippen molar-refractivity contribution in [3.05, 3.63) is 72.9 Å². The van der Waals surface area contributed by atoms with Crippen LogP contribution < -0.4 is 4.74 Å². The van der Waals surface area contributed by atoms with Crippen LogP contribution >= 0.6 is 0 Å². The van der Waals surface area contributed by atoms with Crippen molar-refractivity contribution in [2.24, 2.45) is 0 Å². The van der Waals surface area contributed by atoms with Crippen LogP contribution in [-0.4, -0.2) is 42.3 Å². The van der Waals surface area contributed by atoms with Crippen molar-refractivity contribution in [1.82, 2.24) is 30.1 Å². The van der Waals surface area contributed by atoms with Crippen LogP contribution in [0, 0.1) is 5.82 Å². The number of aromatic nitrogens is 6. The van der Waals surface area contributed by atoms with Crippen molar-refractivity contribution in [2.75, 3.05) is 7.11 Å². The summed E-state index contributed by atoms with van der Waals surface area (Å²) in [6.45, 7) is 0. The average molecular weight is 452 g/mol. The summed E-state index contributed by atoms with van der Waals surface area (Å²) in [5.74, 6) is 0.479. The molecule has 6 rings (SSSR count). The topological polar surface area (TPSA) is 113 Å². The first-order valence-electron chi connectivity index (χ1n) is 10.4. The first-order chi connectivity index (χ1) is 16.6. The lowest BCUT2D eigenvalue weighted by Crippen LogP contribution is -1.87. The maximum absolute atomic E-state index is 13.9. The van der Waals surface area contributed by atoms with E-state index in [2.05, 4.69) is 25.1 Å². The van der Waals surface area contributed by atoms with E-state index >= 15 is 0 Å². The molecule has 0 saturated carbocycles. The van der Waals surface area contributed by atoms with Crippen LogP contribution in [0.3, 0.4) is 0 Å². The van der Waals surface area contributed by atoms with E-state index in [9.17, 15) is 9.50 Å². The molecule has 0 atom stereocenters. The fraction of sp³-hybridized carbons (Fsp3) is 0.0400. The van der Waals surface area contributed by atoms with Gasteiger partial charge in [-0.15, -0.1) is 0 Å². The number of H-pyrrole nitrogens is 2. The minimum atomic E-state index is -0.553. The van der Waals surface area contributed by atoms with Crippen molar-refractivity contribution in [1.29, 1.82) is 0 Å². The summed E-state index contributed by atoms with van der Waals surface area (Å²) in [7, 11) is 1.61. The Morgan fingerprint density at radius 3 is 2.68 bits per heavy atom. The first kappa shape index (κ1) is 19.9. The fourth-order valence-electron chi connectivity index (χ4n) is 4.03. The molecular weight excluding hydrogens is 435 g/mol. The van der Waals surface area contributed by atoms with Crippen LogP contribution in [-0.2, 0) is 0 Å². The lowest BCUT2D eigenvalue weighted by molar-refractivity contribution is 0.413. The van der Waals surface area contributed by atoms with Gasteiger partial charge < -0.3 is 14.8 Å². The van der Waals surface area contributed by atoms with Gasteiger partial charge in [-0.25, -0.2) is 9.37 Å². The van der Waals surface area contributed by atoms with Crippen molar-refractivity contribution in [3.63, 3.8) is 0 Å². The SMILES string of the molecule is COc1cncc(-c2ccc3[nH]nc(-c4nc5c(-c6cc(O)cc(F)c6)nccc5[nH]4)c3c2)c1. The van der Waals surface area contributed by atoms with Gasteiger partial charge in [-0.1, -0.05) is 6.07 Å². The largest absolute Gasteiger partial charge is 0.508 e. The molecular formula is C25H17FN6O2. The number of halogens is 1. The van der Waals surface area contributed by atoms with Gasteiger partial charge in [0.1, 0.15) is 28.5 Å². The summed E-state index contributed by atoms with van der Waals surface area (Å²) in [6.07, 6.45) is 5.04. The first-order valence-corrected chi connectivity index (χ1v) is 10.4. The highest BCUT2D eigenvalue weighted by molar-refractivity contribution is 5.97. The smallest absolute Gasteiger partial charge is 0.159 e. The molecule has 6 aromatic rings. The molecule has 8 nitrogen and oxygen atoms in total. The highest BCUT2D eigenvalue weighted by Crippen LogP contribution is 2.33. The number of nitrogens with zero attached hydrogens (tertiary/aromatic N) is 4. The molecule has 3 N–H and O–H groups in total. The van der Waals surface area contributed by atoms with Gasteiger partial charge in [0, 0.05) is 35.0 Å². The van der Waals surface area contributed by atoms with E-state index < -0.39 is 5.82 Å². The van der Waals surface area contributed by atoms with Crippen molar-refractivity contribution in [2.45, 2.75) is 0 Å². The van der Waals surface area contributed by atoms with Crippen LogP contribution in [0.1, 0.15) is 0 Å².